The Kier molecular flexibility index (Phi) is 6.15. The third-order valence-corrected chi connectivity index (χ3v) is 13.5. The summed E-state index contributed by atoms with van der Waals surface area (Å²) in [5.74, 6) is 0. The van der Waals surface area contributed by atoms with Gasteiger partial charge in [-0.25, -0.2) is 0 Å². The molecule has 246 valence electrons. The summed E-state index contributed by atoms with van der Waals surface area (Å²) in [4.78, 5) is 1.30. The molecular formula is C50H28OS2. The maximum atomic E-state index is 6.33. The smallest absolute Gasteiger partial charge is 0.136 e. The van der Waals surface area contributed by atoms with E-state index >= 15 is 0 Å². The predicted molar refractivity (Wildman–Crippen MR) is 231 cm³/mol. The minimum atomic E-state index is 0.923. The van der Waals surface area contributed by atoms with Crippen LogP contribution in [0.25, 0.3) is 117 Å². The Balaban J connectivity index is 1.17. The molecule has 0 spiro atoms. The molecular weight excluding hydrogens is 681 g/mol. The molecule has 0 unspecified atom stereocenters. The quantitative estimate of drug-likeness (QED) is 0.167. The molecule has 0 aliphatic rings. The van der Waals surface area contributed by atoms with E-state index in [2.05, 4.69) is 164 Å². The van der Waals surface area contributed by atoms with Gasteiger partial charge in [-0.1, -0.05) is 127 Å². The van der Waals surface area contributed by atoms with Gasteiger partial charge in [0.15, 0.2) is 0 Å². The number of thiophene rings is 2. The Bertz CT molecular complexity index is 3390. The molecule has 0 atom stereocenters. The summed E-state index contributed by atoms with van der Waals surface area (Å²) >= 11 is 3.83. The molecule has 0 fully saturated rings. The third kappa shape index (κ3) is 4.29. The minimum Gasteiger partial charge on any atom is -0.456 e. The first kappa shape index (κ1) is 29.3. The second kappa shape index (κ2) is 11.1. The molecule has 0 saturated carbocycles. The summed E-state index contributed by atoms with van der Waals surface area (Å²) in [6, 6.07) is 62.4. The first-order valence-corrected chi connectivity index (χ1v) is 19.6. The van der Waals surface area contributed by atoms with Crippen molar-refractivity contribution in [1.29, 1.82) is 0 Å². The van der Waals surface area contributed by atoms with E-state index in [-0.39, 0.29) is 0 Å². The number of fused-ring (bicyclic) bond motifs is 11. The molecule has 1 nitrogen and oxygen atoms in total. The summed E-state index contributed by atoms with van der Waals surface area (Å²) in [5.41, 5.74) is 8.18. The molecule has 0 aliphatic carbocycles. The van der Waals surface area contributed by atoms with Crippen LogP contribution in [-0.4, -0.2) is 0 Å². The van der Waals surface area contributed by atoms with Gasteiger partial charge in [-0.05, 0) is 97.0 Å². The van der Waals surface area contributed by atoms with Crippen LogP contribution in [0.5, 0.6) is 0 Å². The monoisotopic (exact) mass is 708 g/mol. The van der Waals surface area contributed by atoms with Gasteiger partial charge in [0.25, 0.3) is 0 Å². The molecule has 3 heterocycles. The Hall–Kier alpha value is -6.26. The van der Waals surface area contributed by atoms with Gasteiger partial charge in [-0.3, -0.25) is 0 Å². The lowest BCUT2D eigenvalue weighted by molar-refractivity contribution is 0.669. The highest BCUT2D eigenvalue weighted by Gasteiger charge is 2.22. The molecule has 0 amide bonds. The van der Waals surface area contributed by atoms with Crippen molar-refractivity contribution in [1.82, 2.24) is 0 Å². The zero-order valence-corrected chi connectivity index (χ0v) is 30.0. The highest BCUT2D eigenvalue weighted by atomic mass is 32.1. The average molecular weight is 709 g/mol. The molecule has 12 rings (SSSR count). The summed E-state index contributed by atoms with van der Waals surface area (Å²) in [6.07, 6.45) is 0. The summed E-state index contributed by atoms with van der Waals surface area (Å²) in [6.45, 7) is 0. The van der Waals surface area contributed by atoms with Crippen LogP contribution in [-0.2, 0) is 0 Å². The third-order valence-electron chi connectivity index (χ3n) is 11.0. The summed E-state index contributed by atoms with van der Waals surface area (Å²) < 4.78 is 10.4. The molecule has 0 aliphatic heterocycles. The lowest BCUT2D eigenvalue weighted by atomic mass is 9.85. The van der Waals surface area contributed by atoms with Gasteiger partial charge in [0.2, 0.25) is 0 Å². The predicted octanol–water partition coefficient (Wildman–Crippen LogP) is 15.6. The van der Waals surface area contributed by atoms with E-state index in [0.29, 0.717) is 0 Å². The van der Waals surface area contributed by atoms with Crippen LogP contribution >= 0.6 is 22.7 Å². The van der Waals surface area contributed by atoms with Gasteiger partial charge in [-0.15, -0.1) is 22.7 Å². The maximum absolute atomic E-state index is 6.33. The van der Waals surface area contributed by atoms with Gasteiger partial charge in [0, 0.05) is 51.5 Å². The first-order valence-electron chi connectivity index (χ1n) is 18.0. The van der Waals surface area contributed by atoms with Crippen molar-refractivity contribution in [3.05, 3.63) is 170 Å². The van der Waals surface area contributed by atoms with Gasteiger partial charge in [-0.2, -0.15) is 0 Å². The normalized spacial score (nSPS) is 12.2. The van der Waals surface area contributed by atoms with Crippen molar-refractivity contribution in [2.24, 2.45) is 0 Å². The zero-order valence-electron chi connectivity index (χ0n) is 28.4. The number of hydrogen-bond acceptors (Lipinski definition) is 3. The van der Waals surface area contributed by atoms with Crippen LogP contribution in [0.4, 0.5) is 0 Å². The molecule has 3 aromatic heterocycles. The lowest BCUT2D eigenvalue weighted by Crippen LogP contribution is -1.91. The van der Waals surface area contributed by atoms with Gasteiger partial charge < -0.3 is 4.42 Å². The molecule has 0 radical (unpaired) electrons. The van der Waals surface area contributed by atoms with Crippen molar-refractivity contribution in [3.63, 3.8) is 0 Å². The van der Waals surface area contributed by atoms with E-state index in [4.69, 9.17) is 4.42 Å². The Labute approximate surface area is 312 Å². The number of hydrogen-bond donors (Lipinski definition) is 0. The van der Waals surface area contributed by atoms with E-state index in [9.17, 15) is 0 Å². The van der Waals surface area contributed by atoms with E-state index < -0.39 is 0 Å². The molecule has 9 aromatic carbocycles. The van der Waals surface area contributed by atoms with Crippen LogP contribution in [0.2, 0.25) is 0 Å². The maximum Gasteiger partial charge on any atom is 0.136 e. The van der Waals surface area contributed by atoms with Gasteiger partial charge in [0.05, 0.1) is 0 Å². The Morgan fingerprint density at radius 1 is 0.340 bits per heavy atom. The Morgan fingerprint density at radius 2 is 1.00 bits per heavy atom. The van der Waals surface area contributed by atoms with Crippen molar-refractivity contribution >= 4 is 107 Å². The SMILES string of the molecule is c1ccc(-c2cc3c(s2)c(-c2c4ccccc4c(-c4ccc5cc6c(cc5c4)oc4ccccc46)c4ccccc24)cc2c4ccccc4sc32)cc1. The highest BCUT2D eigenvalue weighted by molar-refractivity contribution is 7.28. The van der Waals surface area contributed by atoms with Crippen LogP contribution in [0, 0.1) is 0 Å². The van der Waals surface area contributed by atoms with Crippen molar-refractivity contribution < 1.29 is 4.42 Å². The fourth-order valence-electron chi connectivity index (χ4n) is 8.66. The average Bonchev–Trinajstić information content (AvgIpc) is 3.93. The minimum absolute atomic E-state index is 0.923. The van der Waals surface area contributed by atoms with E-state index in [1.165, 1.54) is 95.3 Å². The van der Waals surface area contributed by atoms with Crippen LogP contribution in [0.15, 0.2) is 174 Å². The van der Waals surface area contributed by atoms with Crippen LogP contribution in [0.3, 0.4) is 0 Å². The molecule has 53 heavy (non-hydrogen) atoms. The second-order valence-corrected chi connectivity index (χ2v) is 16.1. The molecule has 12 aromatic rings. The molecule has 0 bridgehead atoms. The van der Waals surface area contributed by atoms with Crippen LogP contribution in [0.1, 0.15) is 0 Å². The topological polar surface area (TPSA) is 13.1 Å². The molecule has 0 N–H and O–H groups in total. The molecule has 0 saturated heterocycles. The number of para-hydroxylation sites is 1. The highest BCUT2D eigenvalue weighted by Crippen LogP contribution is 2.51. The van der Waals surface area contributed by atoms with Crippen molar-refractivity contribution in [3.8, 4) is 32.7 Å². The zero-order chi connectivity index (χ0) is 34.6. The van der Waals surface area contributed by atoms with E-state index in [0.717, 1.165) is 21.9 Å². The Morgan fingerprint density at radius 3 is 1.77 bits per heavy atom. The second-order valence-electron chi connectivity index (χ2n) is 14.0. The van der Waals surface area contributed by atoms with Gasteiger partial charge in [0.1, 0.15) is 11.2 Å². The largest absolute Gasteiger partial charge is 0.456 e. The first-order chi connectivity index (χ1) is 26.3. The fourth-order valence-corrected chi connectivity index (χ4v) is 11.1. The fraction of sp³-hybridized carbons (Fsp3) is 0. The van der Waals surface area contributed by atoms with E-state index in [1.807, 2.05) is 28.7 Å². The number of furan rings is 1. The van der Waals surface area contributed by atoms with Crippen molar-refractivity contribution in [2.75, 3.05) is 0 Å². The van der Waals surface area contributed by atoms with Crippen molar-refractivity contribution in [2.45, 2.75) is 0 Å². The van der Waals surface area contributed by atoms with Gasteiger partial charge >= 0.3 is 0 Å². The molecule has 3 heteroatoms. The summed E-state index contributed by atoms with van der Waals surface area (Å²) in [5, 5.41) is 13.7. The number of benzene rings is 9. The number of rotatable bonds is 3. The van der Waals surface area contributed by atoms with Crippen LogP contribution < -0.4 is 0 Å². The van der Waals surface area contributed by atoms with E-state index in [1.54, 1.807) is 0 Å². The summed E-state index contributed by atoms with van der Waals surface area (Å²) in [7, 11) is 0. The standard InChI is InChI=1S/C50H28OS2/c1-2-12-29(13-3-1)46-28-42-49-40(34-15-9-11-21-45(34)52-49)27-41(50(42)53-46)48-37-18-6-4-16-35(37)47(36-17-5-7-19-38(36)48)31-23-22-30-25-39-33-14-8-10-20-43(33)51-44(39)26-32(30)24-31/h1-28H. The lowest BCUT2D eigenvalue weighted by Gasteiger charge is -2.18.